The van der Waals surface area contributed by atoms with Crippen molar-refractivity contribution in [3.8, 4) is 0 Å². The lowest BCUT2D eigenvalue weighted by Crippen LogP contribution is -2.47. The Morgan fingerprint density at radius 1 is 1.17 bits per heavy atom. The van der Waals surface area contributed by atoms with Crippen LogP contribution in [0.25, 0.3) is 0 Å². The molecule has 23 heavy (non-hydrogen) atoms. The number of urea groups is 1. The second-order valence-electron chi connectivity index (χ2n) is 6.54. The van der Waals surface area contributed by atoms with Gasteiger partial charge in [-0.05, 0) is 36.0 Å². The van der Waals surface area contributed by atoms with Crippen molar-refractivity contribution in [2.45, 2.75) is 52.1 Å². The first-order valence-electron chi connectivity index (χ1n) is 7.69. The fourth-order valence-electron chi connectivity index (χ4n) is 2.03. The van der Waals surface area contributed by atoms with E-state index in [1.165, 1.54) is 5.56 Å². The minimum Gasteiger partial charge on any atom is -0.479 e. The van der Waals surface area contributed by atoms with E-state index in [-0.39, 0.29) is 12.5 Å². The third kappa shape index (κ3) is 5.25. The van der Waals surface area contributed by atoms with Crippen molar-refractivity contribution in [2.75, 3.05) is 11.9 Å². The molecule has 1 aromatic carbocycles. The van der Waals surface area contributed by atoms with Crippen LogP contribution in [-0.2, 0) is 4.79 Å². The summed E-state index contributed by atoms with van der Waals surface area (Å²) in [5.41, 5.74) is 0.876. The zero-order valence-corrected chi connectivity index (χ0v) is 14.3. The van der Waals surface area contributed by atoms with Crippen LogP contribution >= 0.6 is 0 Å². The van der Waals surface area contributed by atoms with Gasteiger partial charge in [-0.3, -0.25) is 0 Å². The van der Waals surface area contributed by atoms with Gasteiger partial charge in [-0.15, -0.1) is 0 Å². The molecule has 0 aliphatic carbocycles. The molecule has 0 aliphatic heterocycles. The summed E-state index contributed by atoms with van der Waals surface area (Å²) in [4.78, 5) is 22.8. The Labute approximate surface area is 136 Å². The van der Waals surface area contributed by atoms with Crippen LogP contribution in [0.1, 0.15) is 57.6 Å². The summed E-state index contributed by atoms with van der Waals surface area (Å²) in [5, 5.41) is 23.5. The molecule has 0 saturated heterocycles. The predicted octanol–water partition coefficient (Wildman–Crippen LogP) is 2.89. The Bertz CT molecular complexity index is 580. The van der Waals surface area contributed by atoms with E-state index in [1.807, 2.05) is 26.0 Å². The number of anilines is 1. The molecule has 1 aromatic rings. The molecule has 128 valence electrons. The van der Waals surface area contributed by atoms with Gasteiger partial charge in [-0.2, -0.15) is 0 Å². The highest BCUT2D eigenvalue weighted by Crippen LogP contribution is 2.28. The highest BCUT2D eigenvalue weighted by Gasteiger charge is 2.30. The van der Waals surface area contributed by atoms with Crippen LogP contribution in [-0.4, -0.2) is 34.4 Å². The quantitative estimate of drug-likeness (QED) is 0.647. The summed E-state index contributed by atoms with van der Waals surface area (Å²) in [6.45, 7) is 9.04. The Hall–Kier alpha value is -2.08. The van der Waals surface area contributed by atoms with E-state index >= 15 is 0 Å². The predicted molar refractivity (Wildman–Crippen MR) is 89.9 cm³/mol. The van der Waals surface area contributed by atoms with Crippen LogP contribution in [0, 0.1) is 0 Å². The van der Waals surface area contributed by atoms with Crippen molar-refractivity contribution >= 4 is 17.7 Å². The van der Waals surface area contributed by atoms with E-state index in [9.17, 15) is 14.7 Å². The molecular weight excluding hydrogens is 296 g/mol. The number of carboxylic acid groups (broad SMARTS) is 1. The van der Waals surface area contributed by atoms with Gasteiger partial charge in [0, 0.05) is 5.69 Å². The maximum atomic E-state index is 11.9. The molecule has 4 N–H and O–H groups in total. The summed E-state index contributed by atoms with van der Waals surface area (Å²) < 4.78 is 0. The van der Waals surface area contributed by atoms with Gasteiger partial charge in [0.1, 0.15) is 0 Å². The zero-order valence-electron chi connectivity index (χ0n) is 14.3. The monoisotopic (exact) mass is 322 g/mol. The second kappa shape index (κ2) is 7.46. The first-order valence-corrected chi connectivity index (χ1v) is 7.69. The van der Waals surface area contributed by atoms with Gasteiger partial charge in [-0.1, -0.05) is 39.8 Å². The molecule has 0 bridgehead atoms. The molecule has 0 radical (unpaired) electrons. The molecular formula is C17H26N2O4. The lowest BCUT2D eigenvalue weighted by atomic mass is 9.94. The maximum absolute atomic E-state index is 11.9. The van der Waals surface area contributed by atoms with Gasteiger partial charge in [0.2, 0.25) is 0 Å². The first-order chi connectivity index (χ1) is 10.5. The topological polar surface area (TPSA) is 98.7 Å². The van der Waals surface area contributed by atoms with E-state index in [4.69, 9.17) is 5.11 Å². The second-order valence-corrected chi connectivity index (χ2v) is 6.54. The van der Waals surface area contributed by atoms with Gasteiger partial charge in [0.25, 0.3) is 0 Å². The summed E-state index contributed by atoms with van der Waals surface area (Å²) >= 11 is 0. The van der Waals surface area contributed by atoms with E-state index in [0.29, 0.717) is 11.6 Å². The third-order valence-corrected chi connectivity index (χ3v) is 3.67. The van der Waals surface area contributed by atoms with Gasteiger partial charge >= 0.3 is 12.0 Å². The summed E-state index contributed by atoms with van der Waals surface area (Å²) in [6.07, 6.45) is 0. The van der Waals surface area contributed by atoms with Crippen molar-refractivity contribution in [3.05, 3.63) is 29.3 Å². The van der Waals surface area contributed by atoms with Crippen LogP contribution in [0.5, 0.6) is 0 Å². The van der Waals surface area contributed by atoms with E-state index < -0.39 is 17.6 Å². The number of rotatable bonds is 6. The van der Waals surface area contributed by atoms with Crippen LogP contribution in [0.15, 0.2) is 18.2 Å². The fraction of sp³-hybridized carbons (Fsp3) is 0.529. The number of carboxylic acids is 1. The fourth-order valence-corrected chi connectivity index (χ4v) is 2.03. The summed E-state index contributed by atoms with van der Waals surface area (Å²) in [5.74, 6) is -0.769. The standard InChI is InChI=1S/C17H26N2O4/c1-10(2)12-6-7-14(13(8-12)11(3)4)19-16(22)18-9-17(5,23)15(20)21/h6-8,10-11,23H,9H2,1-5H3,(H,20,21)(H2,18,19,22). The van der Waals surface area contributed by atoms with Gasteiger partial charge < -0.3 is 20.8 Å². The van der Waals surface area contributed by atoms with Crippen molar-refractivity contribution in [1.82, 2.24) is 5.32 Å². The molecule has 1 unspecified atom stereocenters. The Balaban J connectivity index is 2.84. The third-order valence-electron chi connectivity index (χ3n) is 3.67. The Morgan fingerprint density at radius 3 is 2.26 bits per heavy atom. The highest BCUT2D eigenvalue weighted by atomic mass is 16.4. The van der Waals surface area contributed by atoms with Crippen molar-refractivity contribution in [1.29, 1.82) is 0 Å². The van der Waals surface area contributed by atoms with Gasteiger partial charge in [-0.25, -0.2) is 9.59 Å². The number of nitrogens with one attached hydrogen (secondary N) is 2. The molecule has 2 amide bonds. The zero-order chi connectivity index (χ0) is 17.8. The number of carbonyl (C=O) groups excluding carboxylic acids is 1. The number of aliphatic hydroxyl groups is 1. The Morgan fingerprint density at radius 2 is 1.78 bits per heavy atom. The van der Waals surface area contributed by atoms with Crippen LogP contribution in [0.2, 0.25) is 0 Å². The number of aliphatic carboxylic acids is 1. The lowest BCUT2D eigenvalue weighted by Gasteiger charge is -2.20. The van der Waals surface area contributed by atoms with Crippen molar-refractivity contribution in [2.24, 2.45) is 0 Å². The molecule has 1 rings (SSSR count). The molecule has 0 fully saturated rings. The Kier molecular flexibility index (Phi) is 6.15. The largest absolute Gasteiger partial charge is 0.479 e. The normalized spacial score (nSPS) is 13.7. The lowest BCUT2D eigenvalue weighted by molar-refractivity contribution is -0.155. The molecule has 6 heteroatoms. The van der Waals surface area contributed by atoms with E-state index in [2.05, 4.69) is 30.5 Å². The molecule has 0 aliphatic rings. The van der Waals surface area contributed by atoms with E-state index in [1.54, 1.807) is 0 Å². The average Bonchev–Trinajstić information content (AvgIpc) is 2.45. The van der Waals surface area contributed by atoms with Crippen LogP contribution < -0.4 is 10.6 Å². The molecule has 6 nitrogen and oxygen atoms in total. The molecule has 0 spiro atoms. The summed E-state index contributed by atoms with van der Waals surface area (Å²) in [6, 6.07) is 5.32. The van der Waals surface area contributed by atoms with Gasteiger partial charge in [0.15, 0.2) is 5.60 Å². The van der Waals surface area contributed by atoms with Gasteiger partial charge in [0.05, 0.1) is 6.54 Å². The minimum absolute atomic E-state index is 0.228. The maximum Gasteiger partial charge on any atom is 0.337 e. The van der Waals surface area contributed by atoms with Crippen LogP contribution in [0.4, 0.5) is 10.5 Å². The van der Waals surface area contributed by atoms with Crippen molar-refractivity contribution < 1.29 is 19.8 Å². The van der Waals surface area contributed by atoms with Crippen molar-refractivity contribution in [3.63, 3.8) is 0 Å². The number of carbonyl (C=O) groups is 2. The number of hydrogen-bond acceptors (Lipinski definition) is 3. The van der Waals surface area contributed by atoms with E-state index in [0.717, 1.165) is 12.5 Å². The number of benzene rings is 1. The number of amides is 2. The molecule has 0 heterocycles. The number of hydrogen-bond donors (Lipinski definition) is 4. The molecule has 1 atom stereocenters. The molecule has 0 saturated carbocycles. The smallest absolute Gasteiger partial charge is 0.337 e. The summed E-state index contributed by atoms with van der Waals surface area (Å²) in [7, 11) is 0. The molecule has 0 aromatic heterocycles. The highest BCUT2D eigenvalue weighted by molar-refractivity contribution is 5.91. The SMILES string of the molecule is CC(C)c1ccc(NC(=O)NCC(C)(O)C(=O)O)c(C(C)C)c1. The average molecular weight is 322 g/mol. The minimum atomic E-state index is -2.00. The first kappa shape index (κ1) is 19.0. The van der Waals surface area contributed by atoms with Crippen LogP contribution in [0.3, 0.4) is 0 Å².